The zero-order valence-corrected chi connectivity index (χ0v) is 11.1. The Labute approximate surface area is 116 Å². The minimum Gasteiger partial charge on any atom is -0.493 e. The summed E-state index contributed by atoms with van der Waals surface area (Å²) in [6, 6.07) is 10.9. The van der Waals surface area contributed by atoms with Crippen molar-refractivity contribution < 1.29 is 19.0 Å². The lowest BCUT2D eigenvalue weighted by Gasteiger charge is -2.12. The molecule has 0 bridgehead atoms. The Morgan fingerprint density at radius 3 is 2.65 bits per heavy atom. The van der Waals surface area contributed by atoms with Gasteiger partial charge in [-0.05, 0) is 24.6 Å². The molecule has 0 saturated heterocycles. The van der Waals surface area contributed by atoms with Crippen molar-refractivity contribution in [3.05, 3.63) is 53.8 Å². The van der Waals surface area contributed by atoms with E-state index < -0.39 is 11.8 Å². The molecule has 0 aliphatic heterocycles. The van der Waals surface area contributed by atoms with Gasteiger partial charge in [0.1, 0.15) is 11.6 Å². The molecule has 1 N–H and O–H groups in total. The molecule has 104 valence electrons. The molecule has 2 aromatic rings. The van der Waals surface area contributed by atoms with E-state index in [1.54, 1.807) is 18.2 Å². The number of hydrogen-bond donors (Lipinski definition) is 1. The number of carboxylic acids is 1. The van der Waals surface area contributed by atoms with Crippen molar-refractivity contribution in [2.75, 3.05) is 6.61 Å². The van der Waals surface area contributed by atoms with Crippen LogP contribution in [0.2, 0.25) is 0 Å². The molecule has 0 amide bonds. The maximum Gasteiger partial charge on any atom is 0.336 e. The molecule has 20 heavy (non-hydrogen) atoms. The Balaban J connectivity index is 2.54. The van der Waals surface area contributed by atoms with Crippen LogP contribution in [-0.4, -0.2) is 17.7 Å². The zero-order valence-electron chi connectivity index (χ0n) is 11.1. The second-order valence-electron chi connectivity index (χ2n) is 4.34. The minimum absolute atomic E-state index is 0.0717. The first-order chi connectivity index (χ1) is 9.63. The van der Waals surface area contributed by atoms with Gasteiger partial charge in [-0.2, -0.15) is 0 Å². The predicted molar refractivity (Wildman–Crippen MR) is 74.6 cm³/mol. The number of carboxylic acid groups (broad SMARTS) is 1. The highest BCUT2D eigenvalue weighted by Crippen LogP contribution is 2.32. The molecule has 0 aliphatic carbocycles. The summed E-state index contributed by atoms with van der Waals surface area (Å²) in [5.41, 5.74) is 1.03. The summed E-state index contributed by atoms with van der Waals surface area (Å²) in [6.45, 7) is 2.53. The summed E-state index contributed by atoms with van der Waals surface area (Å²) in [6.07, 6.45) is 0.851. The highest BCUT2D eigenvalue weighted by Gasteiger charge is 2.15. The maximum absolute atomic E-state index is 13.2. The van der Waals surface area contributed by atoms with Gasteiger partial charge in [0.25, 0.3) is 0 Å². The molecule has 0 fully saturated rings. The third kappa shape index (κ3) is 2.96. The number of hydrogen-bond acceptors (Lipinski definition) is 2. The highest BCUT2D eigenvalue weighted by atomic mass is 19.1. The number of halogens is 1. The van der Waals surface area contributed by atoms with Crippen LogP contribution in [0.4, 0.5) is 4.39 Å². The maximum atomic E-state index is 13.2. The molecule has 2 rings (SSSR count). The van der Waals surface area contributed by atoms with Gasteiger partial charge in [0.2, 0.25) is 0 Å². The van der Waals surface area contributed by atoms with E-state index in [1.807, 2.05) is 13.0 Å². The number of aromatic carboxylic acids is 1. The van der Waals surface area contributed by atoms with Crippen LogP contribution in [0.3, 0.4) is 0 Å². The third-order valence-corrected chi connectivity index (χ3v) is 2.85. The molecule has 0 aromatic heterocycles. The van der Waals surface area contributed by atoms with E-state index in [0.717, 1.165) is 12.5 Å². The van der Waals surface area contributed by atoms with E-state index in [0.29, 0.717) is 23.5 Å². The van der Waals surface area contributed by atoms with Crippen LogP contribution >= 0.6 is 0 Å². The summed E-state index contributed by atoms with van der Waals surface area (Å²) in [7, 11) is 0. The van der Waals surface area contributed by atoms with Gasteiger partial charge in [-0.15, -0.1) is 0 Å². The molecule has 0 atom stereocenters. The Kier molecular flexibility index (Phi) is 4.35. The minimum atomic E-state index is -1.16. The van der Waals surface area contributed by atoms with Crippen LogP contribution in [0, 0.1) is 5.82 Å². The van der Waals surface area contributed by atoms with E-state index >= 15 is 0 Å². The van der Waals surface area contributed by atoms with Crippen LogP contribution in [0.25, 0.3) is 11.1 Å². The first-order valence-electron chi connectivity index (χ1n) is 6.38. The average molecular weight is 274 g/mol. The molecule has 2 aromatic carbocycles. The number of carbonyl (C=O) groups is 1. The molecular weight excluding hydrogens is 259 g/mol. The lowest BCUT2D eigenvalue weighted by atomic mass is 9.98. The van der Waals surface area contributed by atoms with E-state index in [1.165, 1.54) is 12.1 Å². The van der Waals surface area contributed by atoms with Gasteiger partial charge >= 0.3 is 5.97 Å². The van der Waals surface area contributed by atoms with E-state index in [4.69, 9.17) is 4.74 Å². The topological polar surface area (TPSA) is 46.5 Å². The van der Waals surface area contributed by atoms with Gasteiger partial charge in [0, 0.05) is 11.1 Å². The van der Waals surface area contributed by atoms with Crippen LogP contribution in [0.5, 0.6) is 5.75 Å². The first-order valence-corrected chi connectivity index (χ1v) is 6.38. The summed E-state index contributed by atoms with van der Waals surface area (Å²) in [5, 5.41) is 9.21. The molecule has 4 heteroatoms. The molecule has 0 radical (unpaired) electrons. The lowest BCUT2D eigenvalue weighted by molar-refractivity contribution is 0.0697. The SMILES string of the molecule is CCCOc1ccccc1-c1ccc(F)cc1C(=O)O. The first kappa shape index (κ1) is 14.1. The second kappa shape index (κ2) is 6.19. The van der Waals surface area contributed by atoms with Crippen molar-refractivity contribution in [2.45, 2.75) is 13.3 Å². The Bertz CT molecular complexity index is 623. The van der Waals surface area contributed by atoms with E-state index in [9.17, 15) is 14.3 Å². The van der Waals surface area contributed by atoms with E-state index in [-0.39, 0.29) is 5.56 Å². The van der Waals surface area contributed by atoms with Crippen molar-refractivity contribution in [2.24, 2.45) is 0 Å². The number of benzene rings is 2. The second-order valence-corrected chi connectivity index (χ2v) is 4.34. The fourth-order valence-electron chi connectivity index (χ4n) is 1.96. The van der Waals surface area contributed by atoms with Crippen LogP contribution in [0.1, 0.15) is 23.7 Å². The number of rotatable bonds is 5. The van der Waals surface area contributed by atoms with Gasteiger partial charge in [-0.1, -0.05) is 31.2 Å². The van der Waals surface area contributed by atoms with Crippen LogP contribution < -0.4 is 4.74 Å². The Morgan fingerprint density at radius 1 is 1.20 bits per heavy atom. The fraction of sp³-hybridized carbons (Fsp3) is 0.188. The quantitative estimate of drug-likeness (QED) is 0.897. The standard InChI is InChI=1S/C16H15FO3/c1-2-9-20-15-6-4-3-5-13(15)12-8-7-11(17)10-14(12)16(18)19/h3-8,10H,2,9H2,1H3,(H,18,19). The van der Waals surface area contributed by atoms with Crippen LogP contribution in [0.15, 0.2) is 42.5 Å². The molecule has 0 aliphatic rings. The highest BCUT2D eigenvalue weighted by molar-refractivity contribution is 5.97. The Morgan fingerprint density at radius 2 is 1.95 bits per heavy atom. The largest absolute Gasteiger partial charge is 0.493 e. The third-order valence-electron chi connectivity index (χ3n) is 2.85. The molecular formula is C16H15FO3. The number of ether oxygens (including phenoxy) is 1. The molecule has 0 unspecified atom stereocenters. The summed E-state index contributed by atoms with van der Waals surface area (Å²) >= 11 is 0. The average Bonchev–Trinajstić information content (AvgIpc) is 2.45. The van der Waals surface area contributed by atoms with Gasteiger partial charge in [0.15, 0.2) is 0 Å². The fourth-order valence-corrected chi connectivity index (χ4v) is 1.96. The van der Waals surface area contributed by atoms with Gasteiger partial charge < -0.3 is 9.84 Å². The summed E-state index contributed by atoms with van der Waals surface area (Å²) < 4.78 is 18.9. The van der Waals surface area contributed by atoms with Crippen molar-refractivity contribution >= 4 is 5.97 Å². The molecule has 0 spiro atoms. The van der Waals surface area contributed by atoms with Crippen molar-refractivity contribution in [3.63, 3.8) is 0 Å². The van der Waals surface area contributed by atoms with Crippen LogP contribution in [-0.2, 0) is 0 Å². The molecule has 0 heterocycles. The zero-order chi connectivity index (χ0) is 14.5. The normalized spacial score (nSPS) is 10.3. The van der Waals surface area contributed by atoms with Gasteiger partial charge in [-0.3, -0.25) is 0 Å². The Hall–Kier alpha value is -2.36. The summed E-state index contributed by atoms with van der Waals surface area (Å²) in [4.78, 5) is 11.3. The monoisotopic (exact) mass is 274 g/mol. The van der Waals surface area contributed by atoms with Crippen molar-refractivity contribution in [1.82, 2.24) is 0 Å². The van der Waals surface area contributed by atoms with Gasteiger partial charge in [-0.25, -0.2) is 9.18 Å². The predicted octanol–water partition coefficient (Wildman–Crippen LogP) is 3.98. The van der Waals surface area contributed by atoms with Crippen molar-refractivity contribution in [3.8, 4) is 16.9 Å². The molecule has 3 nitrogen and oxygen atoms in total. The summed E-state index contributed by atoms with van der Waals surface area (Å²) in [5.74, 6) is -1.13. The lowest BCUT2D eigenvalue weighted by Crippen LogP contribution is -2.02. The van der Waals surface area contributed by atoms with E-state index in [2.05, 4.69) is 0 Å². The number of para-hydroxylation sites is 1. The van der Waals surface area contributed by atoms with Crippen molar-refractivity contribution in [1.29, 1.82) is 0 Å². The molecule has 0 saturated carbocycles. The smallest absolute Gasteiger partial charge is 0.336 e. The van der Waals surface area contributed by atoms with Gasteiger partial charge in [0.05, 0.1) is 12.2 Å².